The maximum absolute atomic E-state index is 4.77. The highest BCUT2D eigenvalue weighted by Gasteiger charge is 2.08. The van der Waals surface area contributed by atoms with Gasteiger partial charge in [-0.25, -0.2) is 4.98 Å². The minimum atomic E-state index is 1.02. The number of nitrogens with zero attached hydrogens (tertiary/aromatic N) is 2. The molecule has 0 amide bonds. The van der Waals surface area contributed by atoms with Gasteiger partial charge in [0, 0.05) is 11.1 Å². The molecule has 18 heavy (non-hydrogen) atoms. The molecular formula is C16H12N2. The normalized spacial score (nSPS) is 11.6. The average molecular weight is 232 g/mol. The molecule has 0 aliphatic heterocycles. The molecule has 2 nitrogen and oxygen atoms in total. The van der Waals surface area contributed by atoms with E-state index in [1.165, 1.54) is 22.0 Å². The van der Waals surface area contributed by atoms with Crippen molar-refractivity contribution >= 4 is 27.5 Å². The molecule has 0 bridgehead atoms. The number of hydrogen-bond donors (Lipinski definition) is 0. The number of rotatable bonds is 0. The summed E-state index contributed by atoms with van der Waals surface area (Å²) in [5.41, 5.74) is 4.50. The topological polar surface area (TPSA) is 17.3 Å². The Bertz CT molecular complexity index is 887. The van der Waals surface area contributed by atoms with Crippen LogP contribution in [0.2, 0.25) is 0 Å². The van der Waals surface area contributed by atoms with Gasteiger partial charge >= 0.3 is 0 Å². The molecule has 4 aromatic rings. The SMILES string of the molecule is Cc1cccc2nc3c4ccccc4ccc3n12. The first kappa shape index (κ1) is 9.66. The lowest BCUT2D eigenvalue weighted by molar-refractivity contribution is 1.13. The van der Waals surface area contributed by atoms with Crippen LogP contribution in [0.3, 0.4) is 0 Å². The first-order chi connectivity index (χ1) is 8.84. The number of pyridine rings is 1. The van der Waals surface area contributed by atoms with Crippen molar-refractivity contribution in [2.45, 2.75) is 6.92 Å². The molecule has 0 radical (unpaired) electrons. The van der Waals surface area contributed by atoms with Gasteiger partial charge in [-0.15, -0.1) is 0 Å². The largest absolute Gasteiger partial charge is 0.297 e. The van der Waals surface area contributed by atoms with Crippen molar-refractivity contribution in [1.29, 1.82) is 0 Å². The van der Waals surface area contributed by atoms with Gasteiger partial charge in [0.05, 0.1) is 11.0 Å². The molecule has 4 rings (SSSR count). The summed E-state index contributed by atoms with van der Waals surface area (Å²) in [6, 6.07) is 19.0. The maximum Gasteiger partial charge on any atom is 0.138 e. The molecule has 2 heterocycles. The predicted molar refractivity (Wildman–Crippen MR) is 74.9 cm³/mol. The van der Waals surface area contributed by atoms with E-state index in [-0.39, 0.29) is 0 Å². The van der Waals surface area contributed by atoms with E-state index in [1.54, 1.807) is 0 Å². The molecule has 0 fully saturated rings. The lowest BCUT2D eigenvalue weighted by Gasteiger charge is -2.01. The Morgan fingerprint density at radius 3 is 2.72 bits per heavy atom. The molecule has 0 atom stereocenters. The monoisotopic (exact) mass is 232 g/mol. The van der Waals surface area contributed by atoms with E-state index in [1.807, 2.05) is 0 Å². The lowest BCUT2D eigenvalue weighted by atomic mass is 10.1. The Hall–Kier alpha value is -2.35. The number of benzene rings is 2. The maximum atomic E-state index is 4.77. The second kappa shape index (κ2) is 3.33. The Morgan fingerprint density at radius 1 is 0.889 bits per heavy atom. The molecule has 0 aliphatic carbocycles. The molecule has 86 valence electrons. The molecule has 2 aromatic carbocycles. The zero-order valence-electron chi connectivity index (χ0n) is 10.1. The Labute approximate surface area is 104 Å². The van der Waals surface area contributed by atoms with Gasteiger partial charge in [-0.05, 0) is 30.5 Å². The second-order valence-corrected chi connectivity index (χ2v) is 4.63. The van der Waals surface area contributed by atoms with Gasteiger partial charge in [0.1, 0.15) is 5.65 Å². The number of aromatic nitrogens is 2. The van der Waals surface area contributed by atoms with Crippen LogP contribution in [0.15, 0.2) is 54.6 Å². The molecule has 2 heteroatoms. The Morgan fingerprint density at radius 2 is 1.78 bits per heavy atom. The van der Waals surface area contributed by atoms with Crippen molar-refractivity contribution in [3.63, 3.8) is 0 Å². The van der Waals surface area contributed by atoms with E-state index in [0.29, 0.717) is 0 Å². The second-order valence-electron chi connectivity index (χ2n) is 4.63. The summed E-state index contributed by atoms with van der Waals surface area (Å²) in [6.07, 6.45) is 0. The van der Waals surface area contributed by atoms with Crippen LogP contribution in [0.4, 0.5) is 0 Å². The number of aryl methyl sites for hydroxylation is 1. The summed E-state index contributed by atoms with van der Waals surface area (Å²) in [7, 11) is 0. The van der Waals surface area contributed by atoms with Crippen LogP contribution in [0.1, 0.15) is 5.69 Å². The van der Waals surface area contributed by atoms with E-state index in [4.69, 9.17) is 4.98 Å². The van der Waals surface area contributed by atoms with Gasteiger partial charge in [-0.2, -0.15) is 0 Å². The van der Waals surface area contributed by atoms with Gasteiger partial charge in [0.15, 0.2) is 0 Å². The van der Waals surface area contributed by atoms with Crippen LogP contribution in [0, 0.1) is 6.92 Å². The van der Waals surface area contributed by atoms with Crippen LogP contribution < -0.4 is 0 Å². The van der Waals surface area contributed by atoms with Crippen molar-refractivity contribution in [1.82, 2.24) is 9.38 Å². The Kier molecular flexibility index (Phi) is 1.78. The van der Waals surface area contributed by atoms with Gasteiger partial charge in [-0.1, -0.05) is 36.4 Å². The standard InChI is InChI=1S/C16H12N2/c1-11-5-4-8-15-17-16-13-7-3-2-6-12(13)9-10-14(16)18(11)15/h2-10H,1H3. The molecule has 0 saturated carbocycles. The van der Waals surface area contributed by atoms with Crippen molar-refractivity contribution in [3.05, 3.63) is 60.3 Å². The third kappa shape index (κ3) is 1.15. The number of hydrogen-bond acceptors (Lipinski definition) is 1. The van der Waals surface area contributed by atoms with Crippen molar-refractivity contribution in [2.24, 2.45) is 0 Å². The fourth-order valence-corrected chi connectivity index (χ4v) is 2.66. The summed E-state index contributed by atoms with van der Waals surface area (Å²) < 4.78 is 2.21. The highest BCUT2D eigenvalue weighted by atomic mass is 15.0. The quantitative estimate of drug-likeness (QED) is 0.448. The predicted octanol–water partition coefficient (Wildman–Crippen LogP) is 3.95. The molecule has 0 aliphatic rings. The van der Waals surface area contributed by atoms with Crippen LogP contribution in [0.25, 0.3) is 27.5 Å². The molecular weight excluding hydrogens is 220 g/mol. The fraction of sp³-hybridized carbons (Fsp3) is 0.0625. The highest BCUT2D eigenvalue weighted by Crippen LogP contribution is 2.26. The molecule has 2 aromatic heterocycles. The van der Waals surface area contributed by atoms with Crippen molar-refractivity contribution < 1.29 is 0 Å². The lowest BCUT2D eigenvalue weighted by Crippen LogP contribution is -1.89. The summed E-state index contributed by atoms with van der Waals surface area (Å²) in [5, 5.41) is 2.46. The van der Waals surface area contributed by atoms with Crippen LogP contribution >= 0.6 is 0 Å². The zero-order valence-corrected chi connectivity index (χ0v) is 10.1. The fourth-order valence-electron chi connectivity index (χ4n) is 2.66. The Balaban J connectivity index is 2.34. The molecule has 0 saturated heterocycles. The van der Waals surface area contributed by atoms with E-state index in [9.17, 15) is 0 Å². The molecule has 0 unspecified atom stereocenters. The van der Waals surface area contributed by atoms with Crippen LogP contribution in [-0.4, -0.2) is 9.38 Å². The van der Waals surface area contributed by atoms with Crippen LogP contribution in [0.5, 0.6) is 0 Å². The summed E-state index contributed by atoms with van der Waals surface area (Å²) >= 11 is 0. The van der Waals surface area contributed by atoms with E-state index >= 15 is 0 Å². The summed E-state index contributed by atoms with van der Waals surface area (Å²) in [5.74, 6) is 0. The number of fused-ring (bicyclic) bond motifs is 5. The van der Waals surface area contributed by atoms with Gasteiger partial charge in [0.25, 0.3) is 0 Å². The minimum Gasteiger partial charge on any atom is -0.297 e. The smallest absolute Gasteiger partial charge is 0.138 e. The average Bonchev–Trinajstić information content (AvgIpc) is 2.79. The first-order valence-corrected chi connectivity index (χ1v) is 6.10. The van der Waals surface area contributed by atoms with Crippen molar-refractivity contribution in [2.75, 3.05) is 0 Å². The summed E-state index contributed by atoms with van der Waals surface area (Å²) in [6.45, 7) is 2.11. The highest BCUT2D eigenvalue weighted by molar-refractivity contribution is 6.05. The number of imidazole rings is 1. The first-order valence-electron chi connectivity index (χ1n) is 6.10. The molecule has 0 N–H and O–H groups in total. The van der Waals surface area contributed by atoms with Crippen LogP contribution in [-0.2, 0) is 0 Å². The van der Waals surface area contributed by atoms with Crippen molar-refractivity contribution in [3.8, 4) is 0 Å². The third-order valence-corrected chi connectivity index (χ3v) is 3.51. The van der Waals surface area contributed by atoms with Gasteiger partial charge in [-0.3, -0.25) is 4.40 Å². The summed E-state index contributed by atoms with van der Waals surface area (Å²) in [4.78, 5) is 4.77. The third-order valence-electron chi connectivity index (χ3n) is 3.51. The van der Waals surface area contributed by atoms with E-state index < -0.39 is 0 Å². The zero-order chi connectivity index (χ0) is 12.1. The van der Waals surface area contributed by atoms with Gasteiger partial charge in [0.2, 0.25) is 0 Å². The van der Waals surface area contributed by atoms with E-state index in [0.717, 1.165) is 11.2 Å². The minimum absolute atomic E-state index is 1.02. The molecule has 0 spiro atoms. The van der Waals surface area contributed by atoms with Gasteiger partial charge < -0.3 is 0 Å². The van der Waals surface area contributed by atoms with E-state index in [2.05, 4.69) is 65.9 Å².